The minimum absolute atomic E-state index is 0.0247. The third kappa shape index (κ3) is 2.95. The van der Waals surface area contributed by atoms with Crippen molar-refractivity contribution in [2.24, 2.45) is 41.4 Å². The lowest BCUT2D eigenvalue weighted by molar-refractivity contribution is -0.124. The number of rotatable bonds is 5. The van der Waals surface area contributed by atoms with Gasteiger partial charge in [0.1, 0.15) is 11.6 Å². The first kappa shape index (κ1) is 21.3. The largest absolute Gasteiger partial charge is 0.495 e. The molecule has 1 saturated heterocycles. The highest BCUT2D eigenvalue weighted by Crippen LogP contribution is 2.65. The highest BCUT2D eigenvalue weighted by Gasteiger charge is 2.67. The molecule has 2 unspecified atom stereocenters. The van der Waals surface area contributed by atoms with Gasteiger partial charge in [0.2, 0.25) is 11.8 Å². The van der Waals surface area contributed by atoms with Crippen molar-refractivity contribution in [2.75, 3.05) is 12.0 Å². The number of hydrogen-bond acceptors (Lipinski definition) is 4. The third-order valence-corrected chi connectivity index (χ3v) is 9.16. The summed E-state index contributed by atoms with van der Waals surface area (Å²) in [6.07, 6.45) is 5.91. The predicted octanol–water partition coefficient (Wildman–Crippen LogP) is 5.03. The van der Waals surface area contributed by atoms with Crippen LogP contribution in [0.2, 0.25) is 5.02 Å². The number of hydrogen-bond donors (Lipinski definition) is 0. The molecule has 4 fully saturated rings. The maximum atomic E-state index is 15.3. The van der Waals surface area contributed by atoms with Crippen LogP contribution in [-0.2, 0) is 9.59 Å². The summed E-state index contributed by atoms with van der Waals surface area (Å²) in [6, 6.07) is 9.58. The molecule has 1 heterocycles. The Balaban J connectivity index is 1.11. The fourth-order valence-corrected chi connectivity index (χ4v) is 7.27. The predicted molar refractivity (Wildman–Crippen MR) is 127 cm³/mol. The van der Waals surface area contributed by atoms with Crippen molar-refractivity contribution in [2.45, 2.75) is 18.8 Å². The maximum absolute atomic E-state index is 15.3. The van der Waals surface area contributed by atoms with Gasteiger partial charge in [0.25, 0.3) is 0 Å². The molecule has 1 aliphatic heterocycles. The molecular formula is C28H23ClFNO4. The van der Waals surface area contributed by atoms with E-state index in [0.717, 1.165) is 11.3 Å². The summed E-state index contributed by atoms with van der Waals surface area (Å²) in [6.45, 7) is 0. The first-order valence-electron chi connectivity index (χ1n) is 12.1. The van der Waals surface area contributed by atoms with E-state index in [9.17, 15) is 14.4 Å². The minimum atomic E-state index is -0.598. The van der Waals surface area contributed by atoms with Gasteiger partial charge in [0.15, 0.2) is 5.78 Å². The van der Waals surface area contributed by atoms with E-state index in [1.807, 2.05) is 0 Å². The molecule has 0 radical (unpaired) electrons. The van der Waals surface area contributed by atoms with Crippen LogP contribution in [-0.4, -0.2) is 24.7 Å². The Morgan fingerprint density at radius 1 is 1.00 bits per heavy atom. The highest BCUT2D eigenvalue weighted by molar-refractivity contribution is 6.32. The SMILES string of the molecule is COc1ccc(C(=O)C2CC2c2ccc(N3C(=O)[C@@H]4[C@@H]5C=C[C@@H]([C@H]6C[C@@H]56)[C@@H]4C3=O)c(F)c2)cc1Cl. The lowest BCUT2D eigenvalue weighted by Gasteiger charge is -2.37. The summed E-state index contributed by atoms with van der Waals surface area (Å²) in [7, 11) is 1.51. The summed E-state index contributed by atoms with van der Waals surface area (Å²) >= 11 is 6.16. The maximum Gasteiger partial charge on any atom is 0.238 e. The van der Waals surface area contributed by atoms with E-state index >= 15 is 4.39 Å². The number of nitrogens with zero attached hydrogens (tertiary/aromatic N) is 1. The lowest BCUT2D eigenvalue weighted by Crippen LogP contribution is -2.40. The van der Waals surface area contributed by atoms with Crippen molar-refractivity contribution in [1.29, 1.82) is 0 Å². The average Bonchev–Trinajstić information content (AvgIpc) is 3.77. The van der Waals surface area contributed by atoms with E-state index in [1.54, 1.807) is 24.3 Å². The van der Waals surface area contributed by atoms with Crippen LogP contribution < -0.4 is 9.64 Å². The van der Waals surface area contributed by atoms with Crippen LogP contribution in [0.1, 0.15) is 34.7 Å². The van der Waals surface area contributed by atoms with Crippen molar-refractivity contribution in [3.63, 3.8) is 0 Å². The zero-order valence-electron chi connectivity index (χ0n) is 19.0. The van der Waals surface area contributed by atoms with E-state index < -0.39 is 5.82 Å². The molecule has 6 aliphatic rings. The van der Waals surface area contributed by atoms with Crippen LogP contribution >= 0.6 is 11.6 Å². The molecule has 2 aromatic rings. The Hall–Kier alpha value is -2.99. The fraction of sp³-hybridized carbons (Fsp3) is 0.393. The molecule has 178 valence electrons. The van der Waals surface area contributed by atoms with Crippen molar-refractivity contribution in [3.05, 3.63) is 70.5 Å². The Bertz CT molecular complexity index is 1320. The molecule has 8 rings (SSSR count). The van der Waals surface area contributed by atoms with E-state index in [1.165, 1.54) is 19.2 Å². The molecule has 0 N–H and O–H groups in total. The first-order valence-corrected chi connectivity index (χ1v) is 12.5. The fourth-order valence-electron chi connectivity index (χ4n) is 7.02. The minimum Gasteiger partial charge on any atom is -0.495 e. The number of anilines is 1. The van der Waals surface area contributed by atoms with E-state index in [0.29, 0.717) is 40.2 Å². The van der Waals surface area contributed by atoms with E-state index in [2.05, 4.69) is 12.2 Å². The topological polar surface area (TPSA) is 63.7 Å². The summed E-state index contributed by atoms with van der Waals surface area (Å²) in [5, 5.41) is 0.368. The van der Waals surface area contributed by atoms with E-state index in [4.69, 9.17) is 16.3 Å². The van der Waals surface area contributed by atoms with Crippen molar-refractivity contribution in [3.8, 4) is 5.75 Å². The van der Waals surface area contributed by atoms with Crippen LogP contribution in [0.25, 0.3) is 0 Å². The summed E-state index contributed by atoms with van der Waals surface area (Å²) in [4.78, 5) is 40.6. The number of halogens is 2. The highest BCUT2D eigenvalue weighted by atomic mass is 35.5. The molecule has 2 aromatic carbocycles. The lowest BCUT2D eigenvalue weighted by atomic mass is 9.63. The van der Waals surface area contributed by atoms with Crippen LogP contribution in [0.4, 0.5) is 10.1 Å². The van der Waals surface area contributed by atoms with Gasteiger partial charge in [0, 0.05) is 11.5 Å². The third-order valence-electron chi connectivity index (χ3n) is 8.87. The molecule has 35 heavy (non-hydrogen) atoms. The molecule has 2 amide bonds. The van der Waals surface area contributed by atoms with Gasteiger partial charge < -0.3 is 4.74 Å². The average molecular weight is 492 g/mol. The van der Waals surface area contributed by atoms with Gasteiger partial charge in [-0.15, -0.1) is 0 Å². The number of carbonyl (C=O) groups is 3. The zero-order valence-corrected chi connectivity index (χ0v) is 19.7. The molecular weight excluding hydrogens is 469 g/mol. The number of ether oxygens (including phenoxy) is 1. The second kappa shape index (κ2) is 7.26. The van der Waals surface area contributed by atoms with Crippen LogP contribution in [0, 0.1) is 47.2 Å². The van der Waals surface area contributed by atoms with Gasteiger partial charge in [-0.1, -0.05) is 29.8 Å². The standard InChI is InChI=1S/C28H23ClFNO4/c1-35-23-7-3-13(8-20(23)29)26(32)19-10-16(19)12-2-6-22(21(30)9-12)31-27(33)24-14-4-5-15(18-11-17(14)18)25(24)28(31)34/h2-9,14-19,24-25H,10-11H2,1H3/t14-,15+,16?,17+,18-,19?,24-,25+. The second-order valence-corrected chi connectivity index (χ2v) is 10.9. The molecule has 8 atom stereocenters. The van der Waals surface area contributed by atoms with Crippen LogP contribution in [0.15, 0.2) is 48.6 Å². The van der Waals surface area contributed by atoms with Gasteiger partial charge in [0.05, 0.1) is 29.7 Å². The molecule has 3 saturated carbocycles. The smallest absolute Gasteiger partial charge is 0.238 e. The van der Waals surface area contributed by atoms with Gasteiger partial charge in [-0.3, -0.25) is 14.4 Å². The Labute approximate surface area is 206 Å². The summed E-state index contributed by atoms with van der Waals surface area (Å²) in [5.74, 6) is -0.559. The van der Waals surface area contributed by atoms with Crippen molar-refractivity contribution in [1.82, 2.24) is 0 Å². The monoisotopic (exact) mass is 491 g/mol. The Morgan fingerprint density at radius 3 is 2.29 bits per heavy atom. The Morgan fingerprint density at radius 2 is 1.69 bits per heavy atom. The van der Waals surface area contributed by atoms with Crippen LogP contribution in [0.5, 0.6) is 5.75 Å². The molecule has 5 nitrogen and oxygen atoms in total. The quantitative estimate of drug-likeness (QED) is 0.334. The van der Waals surface area contributed by atoms with Gasteiger partial charge in [-0.05, 0) is 78.3 Å². The number of imide groups is 1. The second-order valence-electron chi connectivity index (χ2n) is 10.5. The number of carbonyl (C=O) groups excluding carboxylic acids is 3. The summed E-state index contributed by atoms with van der Waals surface area (Å²) < 4.78 is 20.5. The zero-order chi connectivity index (χ0) is 24.2. The molecule has 0 spiro atoms. The first-order chi connectivity index (χ1) is 16.9. The molecule has 2 bridgehead atoms. The molecule has 0 aromatic heterocycles. The van der Waals surface area contributed by atoms with Crippen molar-refractivity contribution >= 4 is 34.9 Å². The number of amides is 2. The Kier molecular flexibility index (Phi) is 4.42. The number of ketones is 1. The van der Waals surface area contributed by atoms with Crippen LogP contribution in [0.3, 0.4) is 0 Å². The number of Topliss-reactive ketones (excluding diaryl/α,β-unsaturated/α-hetero) is 1. The van der Waals surface area contributed by atoms with Crippen molar-refractivity contribution < 1.29 is 23.5 Å². The molecule has 5 aliphatic carbocycles. The normalized spacial score (nSPS) is 35.7. The number of benzene rings is 2. The van der Waals surface area contributed by atoms with Gasteiger partial charge in [-0.25, -0.2) is 9.29 Å². The number of allylic oxidation sites excluding steroid dienone is 2. The molecule has 7 heteroatoms. The summed E-state index contributed by atoms with van der Waals surface area (Å²) in [5.41, 5.74) is 1.22. The number of methoxy groups -OCH3 is 1. The van der Waals surface area contributed by atoms with Gasteiger partial charge in [-0.2, -0.15) is 0 Å². The van der Waals surface area contributed by atoms with Gasteiger partial charge >= 0.3 is 0 Å². The van der Waals surface area contributed by atoms with E-state index in [-0.39, 0.29) is 58.8 Å².